The fraction of sp³-hybridized carbons (Fsp3) is 0.250. The number of nitrogens with one attached hydrogen (secondary N) is 1. The van der Waals surface area contributed by atoms with Crippen LogP contribution in [0.5, 0.6) is 0 Å². The van der Waals surface area contributed by atoms with E-state index in [0.717, 1.165) is 5.56 Å². The van der Waals surface area contributed by atoms with Gasteiger partial charge in [0.05, 0.1) is 5.56 Å². The summed E-state index contributed by atoms with van der Waals surface area (Å²) < 4.78 is 26.7. The van der Waals surface area contributed by atoms with Crippen LogP contribution in [-0.4, -0.2) is 54.5 Å². The summed E-state index contributed by atoms with van der Waals surface area (Å²) in [4.78, 5) is 41.2. The molecule has 0 bridgehead atoms. The molecule has 1 aliphatic rings. The lowest BCUT2D eigenvalue weighted by atomic mass is 10.0. The van der Waals surface area contributed by atoms with Crippen LogP contribution < -0.4 is 5.32 Å². The van der Waals surface area contributed by atoms with Crippen molar-refractivity contribution in [1.82, 2.24) is 14.5 Å². The molecule has 3 aromatic carbocycles. The van der Waals surface area contributed by atoms with Crippen molar-refractivity contribution < 1.29 is 22.8 Å². The molecular formula is C28H27Cl2N3O5S. The van der Waals surface area contributed by atoms with E-state index in [9.17, 15) is 22.8 Å². The van der Waals surface area contributed by atoms with Crippen molar-refractivity contribution in [3.05, 3.63) is 99.5 Å². The van der Waals surface area contributed by atoms with E-state index in [4.69, 9.17) is 23.2 Å². The third kappa shape index (κ3) is 6.11. The molecule has 3 amide bonds. The second-order valence-electron chi connectivity index (χ2n) is 8.95. The van der Waals surface area contributed by atoms with E-state index in [2.05, 4.69) is 5.32 Å². The smallest absolute Gasteiger partial charge is 0.269 e. The van der Waals surface area contributed by atoms with E-state index in [0.29, 0.717) is 26.5 Å². The number of hydrogen-bond donors (Lipinski definition) is 1. The van der Waals surface area contributed by atoms with Gasteiger partial charge in [-0.25, -0.2) is 12.7 Å². The Hall–Kier alpha value is -3.40. The molecule has 0 radical (unpaired) electrons. The Kier molecular flexibility index (Phi) is 8.94. The first-order valence-corrected chi connectivity index (χ1v) is 14.5. The maximum absolute atomic E-state index is 13.8. The van der Waals surface area contributed by atoms with Gasteiger partial charge >= 0.3 is 0 Å². The first-order valence-electron chi connectivity index (χ1n) is 12.3. The summed E-state index contributed by atoms with van der Waals surface area (Å²) in [5, 5.41) is 3.43. The summed E-state index contributed by atoms with van der Waals surface area (Å²) in [6, 6.07) is 19.1. The normalized spacial score (nSPS) is 14.5. The molecule has 1 N–H and O–H groups in total. The van der Waals surface area contributed by atoms with Gasteiger partial charge in [-0.1, -0.05) is 71.7 Å². The van der Waals surface area contributed by atoms with Gasteiger partial charge in [0.1, 0.15) is 10.9 Å². The van der Waals surface area contributed by atoms with Gasteiger partial charge in [-0.15, -0.1) is 0 Å². The lowest BCUT2D eigenvalue weighted by Gasteiger charge is -2.32. The Morgan fingerprint density at radius 1 is 0.949 bits per heavy atom. The molecule has 0 saturated carbocycles. The summed E-state index contributed by atoms with van der Waals surface area (Å²) in [6.07, 6.45) is -0.140. The molecule has 1 aliphatic heterocycles. The predicted molar refractivity (Wildman–Crippen MR) is 149 cm³/mol. The minimum atomic E-state index is -4.09. The summed E-state index contributed by atoms with van der Waals surface area (Å²) in [6.45, 7) is 1.65. The number of carbonyl (C=O) groups is 3. The third-order valence-electron chi connectivity index (χ3n) is 6.45. The molecule has 1 heterocycles. The molecule has 11 heteroatoms. The second kappa shape index (κ2) is 12.2. The zero-order chi connectivity index (χ0) is 28.2. The largest absolute Gasteiger partial charge is 0.355 e. The maximum atomic E-state index is 13.8. The number of nitrogens with zero attached hydrogens (tertiary/aromatic N) is 2. The van der Waals surface area contributed by atoms with Gasteiger partial charge in [-0.05, 0) is 36.8 Å². The Bertz CT molecular complexity index is 1480. The number of halogens is 2. The standard InChI is InChI=1S/C28H27Cl2N3O5S/c1-2-31-27(35)24(17-19-9-4-3-5-10-19)32(18-21-22(29)12-8-13-23(21)30)26(34)15-16-33-28(36)20-11-6-7-14-25(20)39(33,37)38/h3-14,24H,2,15-18H2,1H3,(H,31,35)/t24-/m1/s1. The molecule has 0 saturated heterocycles. The maximum Gasteiger partial charge on any atom is 0.269 e. The van der Waals surface area contributed by atoms with E-state index in [1.165, 1.54) is 23.1 Å². The molecule has 204 valence electrons. The molecule has 0 spiro atoms. The van der Waals surface area contributed by atoms with E-state index >= 15 is 0 Å². The predicted octanol–water partition coefficient (Wildman–Crippen LogP) is 4.30. The number of amides is 3. The number of benzene rings is 3. The molecule has 39 heavy (non-hydrogen) atoms. The van der Waals surface area contributed by atoms with Crippen LogP contribution in [0.25, 0.3) is 0 Å². The fourth-order valence-electron chi connectivity index (χ4n) is 4.49. The zero-order valence-corrected chi connectivity index (χ0v) is 23.5. The summed E-state index contributed by atoms with van der Waals surface area (Å²) in [7, 11) is -4.09. The Labute approximate surface area is 237 Å². The molecule has 0 aromatic heterocycles. The molecule has 0 aliphatic carbocycles. The van der Waals surface area contributed by atoms with E-state index in [1.807, 2.05) is 30.3 Å². The van der Waals surface area contributed by atoms with Crippen LogP contribution in [0.4, 0.5) is 0 Å². The van der Waals surface area contributed by atoms with Crippen molar-refractivity contribution in [3.63, 3.8) is 0 Å². The van der Waals surface area contributed by atoms with E-state index in [1.54, 1.807) is 31.2 Å². The van der Waals surface area contributed by atoms with Crippen LogP contribution in [-0.2, 0) is 32.6 Å². The number of sulfonamides is 1. The van der Waals surface area contributed by atoms with Gasteiger partial charge in [-0.2, -0.15) is 0 Å². The topological polar surface area (TPSA) is 104 Å². The minimum absolute atomic E-state index is 0.0638. The number of fused-ring (bicyclic) bond motifs is 1. The fourth-order valence-corrected chi connectivity index (χ4v) is 6.58. The van der Waals surface area contributed by atoms with E-state index in [-0.39, 0.29) is 42.3 Å². The third-order valence-corrected chi connectivity index (χ3v) is 9.00. The van der Waals surface area contributed by atoms with Crippen molar-refractivity contribution in [2.24, 2.45) is 0 Å². The van der Waals surface area contributed by atoms with Gasteiger partial charge in [0.25, 0.3) is 15.9 Å². The van der Waals surface area contributed by atoms with Crippen LogP contribution in [0.3, 0.4) is 0 Å². The average Bonchev–Trinajstić information content (AvgIpc) is 3.11. The van der Waals surface area contributed by atoms with Crippen molar-refractivity contribution in [2.75, 3.05) is 13.1 Å². The molecule has 0 fully saturated rings. The molecule has 8 nitrogen and oxygen atoms in total. The molecule has 3 aromatic rings. The first-order chi connectivity index (χ1) is 18.6. The minimum Gasteiger partial charge on any atom is -0.355 e. The van der Waals surface area contributed by atoms with Crippen LogP contribution in [0.1, 0.15) is 34.8 Å². The highest BCUT2D eigenvalue weighted by atomic mass is 35.5. The number of hydrogen-bond acceptors (Lipinski definition) is 5. The Balaban J connectivity index is 1.66. The second-order valence-corrected chi connectivity index (χ2v) is 11.6. The Morgan fingerprint density at radius 2 is 1.59 bits per heavy atom. The molecule has 1 atom stereocenters. The van der Waals surface area contributed by atoms with Gasteiger partial charge in [0.15, 0.2) is 0 Å². The van der Waals surface area contributed by atoms with Crippen LogP contribution in [0, 0.1) is 0 Å². The number of likely N-dealkylation sites (N-methyl/N-ethyl adjacent to an activating group) is 1. The van der Waals surface area contributed by atoms with Crippen molar-refractivity contribution >= 4 is 50.9 Å². The van der Waals surface area contributed by atoms with Crippen molar-refractivity contribution in [1.29, 1.82) is 0 Å². The lowest BCUT2D eigenvalue weighted by Crippen LogP contribution is -2.51. The molecule has 4 rings (SSSR count). The van der Waals surface area contributed by atoms with Crippen LogP contribution in [0.15, 0.2) is 77.7 Å². The first kappa shape index (κ1) is 28.6. The van der Waals surface area contributed by atoms with Crippen LogP contribution in [0.2, 0.25) is 10.0 Å². The molecule has 0 unspecified atom stereocenters. The highest BCUT2D eigenvalue weighted by molar-refractivity contribution is 7.90. The Morgan fingerprint density at radius 3 is 2.23 bits per heavy atom. The lowest BCUT2D eigenvalue weighted by molar-refractivity contribution is -0.141. The number of carbonyl (C=O) groups excluding carboxylic acids is 3. The summed E-state index contributed by atoms with van der Waals surface area (Å²) in [5.41, 5.74) is 1.34. The molecular weight excluding hydrogens is 561 g/mol. The zero-order valence-electron chi connectivity index (χ0n) is 21.1. The van der Waals surface area contributed by atoms with Gasteiger partial charge in [0.2, 0.25) is 11.8 Å². The SMILES string of the molecule is CCNC(=O)[C@@H](Cc1ccccc1)N(Cc1c(Cl)cccc1Cl)C(=O)CCN1C(=O)c2ccccc2S1(=O)=O. The van der Waals surface area contributed by atoms with Gasteiger partial charge in [0, 0.05) is 48.1 Å². The highest BCUT2D eigenvalue weighted by Crippen LogP contribution is 2.31. The van der Waals surface area contributed by atoms with Gasteiger partial charge in [-0.3, -0.25) is 14.4 Å². The van der Waals surface area contributed by atoms with Crippen LogP contribution >= 0.6 is 23.2 Å². The van der Waals surface area contributed by atoms with Crippen molar-refractivity contribution in [2.45, 2.75) is 37.2 Å². The summed E-state index contributed by atoms with van der Waals surface area (Å²) in [5.74, 6) is -1.60. The van der Waals surface area contributed by atoms with Crippen molar-refractivity contribution in [3.8, 4) is 0 Å². The highest BCUT2D eigenvalue weighted by Gasteiger charge is 2.41. The van der Waals surface area contributed by atoms with E-state index < -0.39 is 27.9 Å². The average molecular weight is 589 g/mol. The quantitative estimate of drug-likeness (QED) is 0.381. The monoisotopic (exact) mass is 587 g/mol. The number of rotatable bonds is 10. The van der Waals surface area contributed by atoms with Gasteiger partial charge < -0.3 is 10.2 Å². The summed E-state index contributed by atoms with van der Waals surface area (Å²) >= 11 is 12.8.